The number of rotatable bonds is 3. The number of halogens is 1. The van der Waals surface area contributed by atoms with E-state index in [1.807, 2.05) is 0 Å². The normalized spacial score (nSPS) is 20.6. The highest BCUT2D eigenvalue weighted by Crippen LogP contribution is 2.35. The quantitative estimate of drug-likeness (QED) is 0.776. The Balaban J connectivity index is 2.18. The zero-order valence-electron chi connectivity index (χ0n) is 9.64. The van der Waals surface area contributed by atoms with Crippen molar-refractivity contribution in [3.63, 3.8) is 0 Å². The first-order chi connectivity index (χ1) is 8.18. The van der Waals surface area contributed by atoms with E-state index in [0.717, 1.165) is 3.79 Å². The molecule has 0 aliphatic carbocycles. The van der Waals surface area contributed by atoms with Gasteiger partial charge >= 0.3 is 0 Å². The fourth-order valence-electron chi connectivity index (χ4n) is 1.59. The first kappa shape index (κ1) is 13.7. The van der Waals surface area contributed by atoms with Crippen LogP contribution in [-0.2, 0) is 14.8 Å². The molecule has 0 N–H and O–H groups in total. The fraction of sp³-hybridized carbons (Fsp3) is 0.400. The number of amides is 1. The summed E-state index contributed by atoms with van der Waals surface area (Å²) in [6, 6.07) is 3.30. The number of nitrogens with zero attached hydrogens (tertiary/aromatic N) is 1. The second kappa shape index (κ2) is 4.14. The summed E-state index contributed by atoms with van der Waals surface area (Å²) < 4.78 is 23.6. The fourth-order valence-corrected chi connectivity index (χ4v) is 4.38. The van der Waals surface area contributed by atoms with E-state index >= 15 is 0 Å². The zero-order chi connectivity index (χ0) is 13.7. The van der Waals surface area contributed by atoms with Gasteiger partial charge in [-0.25, -0.2) is 12.7 Å². The predicted molar refractivity (Wildman–Crippen MR) is 71.1 cm³/mol. The highest BCUT2D eigenvalue weighted by atomic mass is 79.9. The first-order valence-electron chi connectivity index (χ1n) is 5.03. The Morgan fingerprint density at radius 2 is 2.06 bits per heavy atom. The van der Waals surface area contributed by atoms with Gasteiger partial charge in [-0.3, -0.25) is 9.59 Å². The smallest absolute Gasteiger partial charge is 0.259 e. The highest BCUT2D eigenvalue weighted by molar-refractivity contribution is 9.11. The van der Waals surface area contributed by atoms with Crippen LogP contribution in [0.2, 0.25) is 0 Å². The summed E-state index contributed by atoms with van der Waals surface area (Å²) in [5.41, 5.74) is 0. The molecule has 8 heteroatoms. The van der Waals surface area contributed by atoms with Crippen LogP contribution in [0, 0.1) is 0 Å². The molecule has 1 aromatic heterocycles. The van der Waals surface area contributed by atoms with Gasteiger partial charge in [0.15, 0.2) is 10.5 Å². The summed E-state index contributed by atoms with van der Waals surface area (Å²) in [5, 5.41) is 0. The molecule has 0 unspecified atom stereocenters. The Morgan fingerprint density at radius 3 is 2.50 bits per heavy atom. The number of hydrogen-bond donors (Lipinski definition) is 0. The second-order valence-corrected chi connectivity index (χ2v) is 9.23. The van der Waals surface area contributed by atoms with Crippen molar-refractivity contribution in [2.24, 2.45) is 0 Å². The zero-order valence-corrected chi connectivity index (χ0v) is 12.9. The maximum Gasteiger partial charge on any atom is 0.259 e. The maximum atomic E-state index is 11.8. The van der Waals surface area contributed by atoms with Crippen LogP contribution in [0.25, 0.3) is 0 Å². The molecular formula is C10H10BrNO4S2. The molecule has 1 aromatic rings. The van der Waals surface area contributed by atoms with Crippen LogP contribution in [0.1, 0.15) is 23.5 Å². The maximum absolute atomic E-state index is 11.8. The van der Waals surface area contributed by atoms with Crippen molar-refractivity contribution in [1.29, 1.82) is 0 Å². The van der Waals surface area contributed by atoms with E-state index in [-0.39, 0.29) is 5.78 Å². The minimum atomic E-state index is -3.69. The van der Waals surface area contributed by atoms with E-state index in [0.29, 0.717) is 9.18 Å². The Morgan fingerprint density at radius 1 is 1.44 bits per heavy atom. The molecule has 0 radical (unpaired) electrons. The minimum absolute atomic E-state index is 0.377. The highest BCUT2D eigenvalue weighted by Gasteiger charge is 2.60. The molecule has 1 fully saturated rings. The molecule has 0 aromatic carbocycles. The summed E-state index contributed by atoms with van der Waals surface area (Å²) >= 11 is 4.43. The second-order valence-electron chi connectivity index (χ2n) is 4.35. The van der Waals surface area contributed by atoms with Gasteiger partial charge in [0, 0.05) is 0 Å². The van der Waals surface area contributed by atoms with Crippen molar-refractivity contribution >= 4 is 49.0 Å². The molecule has 18 heavy (non-hydrogen) atoms. The molecule has 98 valence electrons. The molecule has 1 saturated heterocycles. The summed E-state index contributed by atoms with van der Waals surface area (Å²) in [6.45, 7) is 2.26. The lowest BCUT2D eigenvalue weighted by Gasteiger charge is -2.42. The molecule has 5 nitrogen and oxygen atoms in total. The van der Waals surface area contributed by atoms with Crippen molar-refractivity contribution in [2.45, 2.75) is 18.6 Å². The summed E-state index contributed by atoms with van der Waals surface area (Å²) in [5.74, 6) is -0.912. The van der Waals surface area contributed by atoms with Crippen molar-refractivity contribution < 1.29 is 18.0 Å². The van der Waals surface area contributed by atoms with E-state index in [2.05, 4.69) is 15.9 Å². The van der Waals surface area contributed by atoms with E-state index in [9.17, 15) is 18.0 Å². The molecule has 1 aliphatic heterocycles. The van der Waals surface area contributed by atoms with E-state index in [1.165, 1.54) is 25.2 Å². The molecule has 0 bridgehead atoms. The van der Waals surface area contributed by atoms with Gasteiger partial charge in [0.2, 0.25) is 0 Å². The molecule has 1 amide bonds. The molecular weight excluding hydrogens is 342 g/mol. The van der Waals surface area contributed by atoms with Gasteiger partial charge in [0.1, 0.15) is 6.54 Å². The number of Topliss-reactive ketones (excluding diaryl/α,β-unsaturated/α-hetero) is 1. The first-order valence-corrected chi connectivity index (χ1v) is 8.08. The Labute approximate surface area is 117 Å². The number of thiophene rings is 1. The van der Waals surface area contributed by atoms with Crippen molar-refractivity contribution in [3.8, 4) is 0 Å². The standard InChI is InChI=1S/C10H10BrNO4S2/c1-10(2)9(14)12(18(10,15)16)5-6(13)7-3-4-8(11)17-7/h3-4H,5H2,1-2H3. The van der Waals surface area contributed by atoms with Crippen LogP contribution in [0.15, 0.2) is 15.9 Å². The lowest BCUT2D eigenvalue weighted by molar-refractivity contribution is -0.131. The summed E-state index contributed by atoms with van der Waals surface area (Å²) in [6.07, 6.45) is 0. The minimum Gasteiger partial charge on any atom is -0.291 e. The number of hydrogen-bond acceptors (Lipinski definition) is 5. The predicted octanol–water partition coefficient (Wildman–Crippen LogP) is 1.64. The molecule has 0 spiro atoms. The molecule has 0 saturated carbocycles. The monoisotopic (exact) mass is 351 g/mol. The topological polar surface area (TPSA) is 71.5 Å². The van der Waals surface area contributed by atoms with Gasteiger partial charge in [-0.15, -0.1) is 11.3 Å². The molecule has 0 atom stereocenters. The van der Waals surface area contributed by atoms with Crippen molar-refractivity contribution in [1.82, 2.24) is 4.31 Å². The van der Waals surface area contributed by atoms with E-state index in [1.54, 1.807) is 12.1 Å². The SMILES string of the molecule is CC1(C)C(=O)N(CC(=O)c2ccc(Br)s2)S1(=O)=O. The van der Waals surface area contributed by atoms with Crippen LogP contribution >= 0.6 is 27.3 Å². The Hall–Kier alpha value is -0.730. The number of ketones is 1. The van der Waals surface area contributed by atoms with Gasteiger partial charge in [0.05, 0.1) is 8.66 Å². The van der Waals surface area contributed by atoms with Gasteiger partial charge < -0.3 is 0 Å². The Bertz CT molecular complexity index is 632. The lowest BCUT2D eigenvalue weighted by Crippen LogP contribution is -2.68. The van der Waals surface area contributed by atoms with Crippen LogP contribution in [0.3, 0.4) is 0 Å². The van der Waals surface area contributed by atoms with Crippen molar-refractivity contribution in [3.05, 3.63) is 20.8 Å². The number of sulfonamides is 1. The molecule has 1 aliphatic rings. The third kappa shape index (κ3) is 1.83. The summed E-state index contributed by atoms with van der Waals surface area (Å²) in [4.78, 5) is 23.9. The van der Waals surface area contributed by atoms with Crippen LogP contribution in [0.5, 0.6) is 0 Å². The molecule has 2 rings (SSSR count). The van der Waals surface area contributed by atoms with E-state index in [4.69, 9.17) is 0 Å². The van der Waals surface area contributed by atoms with Crippen molar-refractivity contribution in [2.75, 3.05) is 6.54 Å². The Kier molecular flexibility index (Phi) is 3.15. The largest absolute Gasteiger partial charge is 0.291 e. The van der Waals surface area contributed by atoms with Gasteiger partial charge in [-0.2, -0.15) is 0 Å². The summed E-state index contributed by atoms with van der Waals surface area (Å²) in [7, 11) is -3.69. The third-order valence-electron chi connectivity index (χ3n) is 2.81. The van der Waals surface area contributed by atoms with E-state index < -0.39 is 27.2 Å². The average Bonchev–Trinajstić information content (AvgIpc) is 2.71. The van der Waals surface area contributed by atoms with Crippen LogP contribution in [-0.4, -0.2) is 35.7 Å². The third-order valence-corrected chi connectivity index (χ3v) is 6.82. The van der Waals surface area contributed by atoms with Gasteiger partial charge in [-0.1, -0.05) is 0 Å². The van der Waals surface area contributed by atoms with Gasteiger partial charge in [-0.05, 0) is 41.9 Å². The number of carbonyl (C=O) groups excluding carboxylic acids is 2. The molecule has 2 heterocycles. The average molecular weight is 352 g/mol. The van der Waals surface area contributed by atoms with Crippen LogP contribution < -0.4 is 0 Å². The van der Waals surface area contributed by atoms with Gasteiger partial charge in [0.25, 0.3) is 15.9 Å². The lowest BCUT2D eigenvalue weighted by atomic mass is 10.2. The van der Waals surface area contributed by atoms with Crippen LogP contribution in [0.4, 0.5) is 0 Å². The number of carbonyl (C=O) groups is 2.